The third kappa shape index (κ3) is 2.46. The Hall–Kier alpha value is -0.0800. The van der Waals surface area contributed by atoms with E-state index in [-0.39, 0.29) is 12.0 Å². The van der Waals surface area contributed by atoms with Crippen molar-refractivity contribution in [3.05, 3.63) is 0 Å². The second kappa shape index (κ2) is 3.75. The standard InChI is InChI=1S/C10H20O2/c1-6(2)5-9-10(12-9)7(3)8(4)11/h6-11H,5H2,1-4H3/t7-,8+,9-,10+/m1/s1. The monoisotopic (exact) mass is 172 g/mol. The van der Waals surface area contributed by atoms with Crippen molar-refractivity contribution in [3.63, 3.8) is 0 Å². The van der Waals surface area contributed by atoms with Gasteiger partial charge in [0.05, 0.1) is 18.3 Å². The molecule has 12 heavy (non-hydrogen) atoms. The van der Waals surface area contributed by atoms with Gasteiger partial charge in [-0.1, -0.05) is 20.8 Å². The van der Waals surface area contributed by atoms with Gasteiger partial charge in [-0.15, -0.1) is 0 Å². The fourth-order valence-corrected chi connectivity index (χ4v) is 1.55. The molecule has 0 bridgehead atoms. The van der Waals surface area contributed by atoms with Crippen molar-refractivity contribution in [2.24, 2.45) is 11.8 Å². The van der Waals surface area contributed by atoms with Gasteiger partial charge in [-0.05, 0) is 19.3 Å². The molecule has 72 valence electrons. The second-order valence-electron chi connectivity index (χ2n) is 4.37. The first kappa shape index (κ1) is 10.0. The zero-order valence-corrected chi connectivity index (χ0v) is 8.45. The van der Waals surface area contributed by atoms with Crippen molar-refractivity contribution >= 4 is 0 Å². The maximum atomic E-state index is 9.30. The highest BCUT2D eigenvalue weighted by Crippen LogP contribution is 2.35. The molecule has 0 amide bonds. The van der Waals surface area contributed by atoms with Gasteiger partial charge in [0, 0.05) is 5.92 Å². The summed E-state index contributed by atoms with van der Waals surface area (Å²) in [5.74, 6) is 0.981. The molecule has 1 N–H and O–H groups in total. The minimum Gasteiger partial charge on any atom is -0.393 e. The zero-order valence-electron chi connectivity index (χ0n) is 8.45. The van der Waals surface area contributed by atoms with Crippen molar-refractivity contribution in [2.45, 2.75) is 52.4 Å². The first-order valence-electron chi connectivity index (χ1n) is 4.86. The molecule has 0 radical (unpaired) electrons. The average Bonchev–Trinajstić information content (AvgIpc) is 2.64. The molecule has 2 nitrogen and oxygen atoms in total. The molecule has 2 heteroatoms. The molecule has 1 rings (SSSR count). The van der Waals surface area contributed by atoms with Gasteiger partial charge in [-0.3, -0.25) is 0 Å². The number of hydrogen-bond acceptors (Lipinski definition) is 2. The summed E-state index contributed by atoms with van der Waals surface area (Å²) in [6.45, 7) is 8.28. The van der Waals surface area contributed by atoms with Crippen molar-refractivity contribution in [1.82, 2.24) is 0 Å². The van der Waals surface area contributed by atoms with Crippen LogP contribution in [0, 0.1) is 11.8 Å². The van der Waals surface area contributed by atoms with Gasteiger partial charge >= 0.3 is 0 Å². The Morgan fingerprint density at radius 1 is 1.25 bits per heavy atom. The lowest BCUT2D eigenvalue weighted by Gasteiger charge is -2.11. The van der Waals surface area contributed by atoms with Gasteiger partial charge < -0.3 is 9.84 Å². The van der Waals surface area contributed by atoms with Crippen LogP contribution in [0.25, 0.3) is 0 Å². The SMILES string of the molecule is CC(C)C[C@H]1O[C@H]1[C@H](C)[C@H](C)O. The molecule has 1 aliphatic heterocycles. The lowest BCUT2D eigenvalue weighted by atomic mass is 9.96. The van der Waals surface area contributed by atoms with E-state index in [0.29, 0.717) is 18.1 Å². The van der Waals surface area contributed by atoms with Gasteiger partial charge in [0.2, 0.25) is 0 Å². The summed E-state index contributed by atoms with van der Waals surface area (Å²) in [4.78, 5) is 0. The molecule has 1 aliphatic rings. The Labute approximate surface area is 74.9 Å². The Morgan fingerprint density at radius 2 is 1.83 bits per heavy atom. The van der Waals surface area contributed by atoms with Crippen LogP contribution >= 0.6 is 0 Å². The van der Waals surface area contributed by atoms with Crippen LogP contribution in [0.3, 0.4) is 0 Å². The zero-order chi connectivity index (χ0) is 9.30. The lowest BCUT2D eigenvalue weighted by molar-refractivity contribution is 0.115. The highest BCUT2D eigenvalue weighted by molar-refractivity contribution is 4.90. The van der Waals surface area contributed by atoms with Crippen LogP contribution in [0.4, 0.5) is 0 Å². The molecule has 1 heterocycles. The molecule has 1 fully saturated rings. The van der Waals surface area contributed by atoms with E-state index in [1.165, 1.54) is 0 Å². The van der Waals surface area contributed by atoms with E-state index in [2.05, 4.69) is 20.8 Å². The summed E-state index contributed by atoms with van der Waals surface area (Å²) < 4.78 is 5.49. The molecule has 0 unspecified atom stereocenters. The molecule has 0 aromatic heterocycles. The van der Waals surface area contributed by atoms with Gasteiger partial charge in [0.1, 0.15) is 0 Å². The first-order chi connectivity index (χ1) is 5.52. The van der Waals surface area contributed by atoms with Crippen molar-refractivity contribution in [2.75, 3.05) is 0 Å². The number of epoxide rings is 1. The summed E-state index contributed by atoms with van der Waals surface area (Å²) in [5, 5.41) is 9.30. The minimum atomic E-state index is -0.243. The Kier molecular flexibility index (Phi) is 3.13. The molecule has 0 saturated carbocycles. The molecule has 4 atom stereocenters. The van der Waals surface area contributed by atoms with E-state index in [1.807, 2.05) is 6.92 Å². The van der Waals surface area contributed by atoms with E-state index >= 15 is 0 Å². The minimum absolute atomic E-state index is 0.243. The maximum Gasteiger partial charge on any atom is 0.0891 e. The number of aliphatic hydroxyl groups excluding tert-OH is 1. The van der Waals surface area contributed by atoms with Crippen LogP contribution in [-0.4, -0.2) is 23.4 Å². The third-order valence-corrected chi connectivity index (χ3v) is 2.60. The molecule has 0 aliphatic carbocycles. The van der Waals surface area contributed by atoms with Crippen LogP contribution in [0.5, 0.6) is 0 Å². The summed E-state index contributed by atoms with van der Waals surface area (Å²) in [6.07, 6.45) is 1.61. The highest BCUT2D eigenvalue weighted by Gasteiger charge is 2.44. The van der Waals surface area contributed by atoms with Crippen LogP contribution in [0.2, 0.25) is 0 Å². The Balaban J connectivity index is 2.23. The van der Waals surface area contributed by atoms with E-state index in [0.717, 1.165) is 6.42 Å². The molecular formula is C10H20O2. The summed E-state index contributed by atoms with van der Waals surface area (Å²) in [5.41, 5.74) is 0. The van der Waals surface area contributed by atoms with E-state index in [4.69, 9.17) is 4.74 Å². The number of aliphatic hydroxyl groups is 1. The summed E-state index contributed by atoms with van der Waals surface area (Å²) in [7, 11) is 0. The molecule has 0 aromatic carbocycles. The second-order valence-corrected chi connectivity index (χ2v) is 4.37. The maximum absolute atomic E-state index is 9.30. The van der Waals surface area contributed by atoms with Crippen LogP contribution in [0.1, 0.15) is 34.1 Å². The summed E-state index contributed by atoms with van der Waals surface area (Å²) >= 11 is 0. The molecular weight excluding hydrogens is 152 g/mol. The number of rotatable bonds is 4. The lowest BCUT2D eigenvalue weighted by Crippen LogP contribution is -2.20. The van der Waals surface area contributed by atoms with E-state index in [9.17, 15) is 5.11 Å². The first-order valence-corrected chi connectivity index (χ1v) is 4.86. The molecule has 1 saturated heterocycles. The molecule has 0 spiro atoms. The smallest absolute Gasteiger partial charge is 0.0891 e. The highest BCUT2D eigenvalue weighted by atomic mass is 16.6. The van der Waals surface area contributed by atoms with E-state index < -0.39 is 0 Å². The van der Waals surface area contributed by atoms with Crippen molar-refractivity contribution < 1.29 is 9.84 Å². The average molecular weight is 172 g/mol. The largest absolute Gasteiger partial charge is 0.393 e. The van der Waals surface area contributed by atoms with Gasteiger partial charge in [0.25, 0.3) is 0 Å². The normalized spacial score (nSPS) is 33.5. The topological polar surface area (TPSA) is 32.8 Å². The van der Waals surface area contributed by atoms with Crippen LogP contribution in [0.15, 0.2) is 0 Å². The number of hydrogen-bond donors (Lipinski definition) is 1. The van der Waals surface area contributed by atoms with Gasteiger partial charge in [0.15, 0.2) is 0 Å². The van der Waals surface area contributed by atoms with Crippen molar-refractivity contribution in [1.29, 1.82) is 0 Å². The Bertz CT molecular complexity index is 143. The molecule has 0 aromatic rings. The van der Waals surface area contributed by atoms with E-state index in [1.54, 1.807) is 0 Å². The third-order valence-electron chi connectivity index (χ3n) is 2.60. The van der Waals surface area contributed by atoms with Gasteiger partial charge in [-0.2, -0.15) is 0 Å². The fraction of sp³-hybridized carbons (Fsp3) is 1.00. The van der Waals surface area contributed by atoms with Crippen molar-refractivity contribution in [3.8, 4) is 0 Å². The fourth-order valence-electron chi connectivity index (χ4n) is 1.55. The quantitative estimate of drug-likeness (QED) is 0.656. The predicted octanol–water partition coefficient (Wildman–Crippen LogP) is 1.82. The Morgan fingerprint density at radius 3 is 2.25 bits per heavy atom. The number of ether oxygens (including phenoxy) is 1. The van der Waals surface area contributed by atoms with Crippen LogP contribution < -0.4 is 0 Å². The van der Waals surface area contributed by atoms with Crippen LogP contribution in [-0.2, 0) is 4.74 Å². The predicted molar refractivity (Wildman–Crippen MR) is 49.0 cm³/mol. The summed E-state index contributed by atoms with van der Waals surface area (Å²) in [6, 6.07) is 0. The van der Waals surface area contributed by atoms with Gasteiger partial charge in [-0.25, -0.2) is 0 Å².